The molecule has 4 bridgehead atoms. The van der Waals surface area contributed by atoms with E-state index >= 15 is 0 Å². The van der Waals surface area contributed by atoms with Crippen LogP contribution in [0.5, 0.6) is 0 Å². The monoisotopic (exact) mass is 331 g/mol. The average Bonchev–Trinajstić information content (AvgIpc) is 2.54. The maximum Gasteiger partial charge on any atom is 0.226 e. The van der Waals surface area contributed by atoms with Gasteiger partial charge in [0.25, 0.3) is 0 Å². The van der Waals surface area contributed by atoms with Crippen molar-refractivity contribution in [3.05, 3.63) is 35.6 Å². The normalized spacial score (nSPS) is 35.0. The van der Waals surface area contributed by atoms with E-state index < -0.39 is 6.10 Å². The molecular formula is C20H26FNO2. The lowest BCUT2D eigenvalue weighted by molar-refractivity contribution is -0.146. The number of carbonyl (C=O) groups excluding carboxylic acids is 1. The number of hydrogen-bond donors (Lipinski definition) is 2. The Morgan fingerprint density at radius 3 is 2.21 bits per heavy atom. The maximum absolute atomic E-state index is 12.9. The molecular weight excluding hydrogens is 305 g/mol. The van der Waals surface area contributed by atoms with Gasteiger partial charge in [-0.15, -0.1) is 0 Å². The van der Waals surface area contributed by atoms with Gasteiger partial charge in [0.05, 0.1) is 6.10 Å². The number of nitrogens with one attached hydrogen (secondary N) is 1. The van der Waals surface area contributed by atoms with Crippen molar-refractivity contribution in [2.75, 3.05) is 6.54 Å². The van der Waals surface area contributed by atoms with Crippen molar-refractivity contribution in [1.82, 2.24) is 5.32 Å². The predicted molar refractivity (Wildman–Crippen MR) is 89.6 cm³/mol. The van der Waals surface area contributed by atoms with Crippen LogP contribution in [0.15, 0.2) is 24.3 Å². The van der Waals surface area contributed by atoms with Crippen molar-refractivity contribution < 1.29 is 14.3 Å². The lowest BCUT2D eigenvalue weighted by Gasteiger charge is -2.55. The third kappa shape index (κ3) is 2.97. The van der Waals surface area contributed by atoms with Crippen LogP contribution < -0.4 is 5.32 Å². The fourth-order valence-electron chi connectivity index (χ4n) is 5.75. The number of aliphatic hydroxyl groups excluding tert-OH is 1. The molecule has 4 aliphatic carbocycles. The topological polar surface area (TPSA) is 49.3 Å². The molecule has 2 N–H and O–H groups in total. The Morgan fingerprint density at radius 1 is 1.12 bits per heavy atom. The molecule has 1 aromatic carbocycles. The predicted octanol–water partition coefficient (Wildman–Crippen LogP) is 3.58. The molecule has 1 aromatic rings. The van der Waals surface area contributed by atoms with Crippen LogP contribution in [0.2, 0.25) is 0 Å². The van der Waals surface area contributed by atoms with Gasteiger partial charge in [-0.3, -0.25) is 4.79 Å². The Hall–Kier alpha value is -1.42. The molecule has 0 aromatic heterocycles. The second-order valence-corrected chi connectivity index (χ2v) is 8.31. The summed E-state index contributed by atoms with van der Waals surface area (Å²) in [4.78, 5) is 12.8. The Morgan fingerprint density at radius 2 is 1.67 bits per heavy atom. The highest BCUT2D eigenvalue weighted by molar-refractivity contribution is 5.83. The van der Waals surface area contributed by atoms with Crippen LogP contribution in [0.3, 0.4) is 0 Å². The largest absolute Gasteiger partial charge is 0.388 e. The summed E-state index contributed by atoms with van der Waals surface area (Å²) in [7, 11) is 0. The lowest BCUT2D eigenvalue weighted by atomic mass is 9.49. The van der Waals surface area contributed by atoms with Crippen molar-refractivity contribution >= 4 is 5.91 Å². The van der Waals surface area contributed by atoms with Crippen molar-refractivity contribution in [3.8, 4) is 0 Å². The fourth-order valence-corrected chi connectivity index (χ4v) is 5.75. The van der Waals surface area contributed by atoms with E-state index in [2.05, 4.69) is 5.32 Å². The summed E-state index contributed by atoms with van der Waals surface area (Å²) >= 11 is 0. The van der Waals surface area contributed by atoms with E-state index in [1.54, 1.807) is 12.1 Å². The van der Waals surface area contributed by atoms with Gasteiger partial charge >= 0.3 is 0 Å². The van der Waals surface area contributed by atoms with Crippen LogP contribution in [-0.2, 0) is 4.79 Å². The van der Waals surface area contributed by atoms with E-state index in [0.717, 1.165) is 37.0 Å². The Bertz CT molecular complexity index is 577. The van der Waals surface area contributed by atoms with Gasteiger partial charge in [-0.1, -0.05) is 12.1 Å². The molecule has 130 valence electrons. The molecule has 1 atom stereocenters. The second-order valence-electron chi connectivity index (χ2n) is 8.31. The van der Waals surface area contributed by atoms with Crippen LogP contribution in [0.1, 0.15) is 56.6 Å². The number of amides is 1. The van der Waals surface area contributed by atoms with Gasteiger partial charge in [-0.2, -0.15) is 0 Å². The smallest absolute Gasteiger partial charge is 0.226 e. The van der Waals surface area contributed by atoms with Gasteiger partial charge in [0.15, 0.2) is 0 Å². The minimum Gasteiger partial charge on any atom is -0.388 e. The average molecular weight is 331 g/mol. The van der Waals surface area contributed by atoms with E-state index in [-0.39, 0.29) is 17.1 Å². The molecule has 0 heterocycles. The number of rotatable bonds is 5. The summed E-state index contributed by atoms with van der Waals surface area (Å²) in [6.07, 6.45) is 6.97. The number of halogens is 1. The molecule has 4 fully saturated rings. The van der Waals surface area contributed by atoms with Gasteiger partial charge in [0.1, 0.15) is 5.82 Å². The van der Waals surface area contributed by atoms with Gasteiger partial charge in [-0.05, 0) is 80.4 Å². The zero-order valence-corrected chi connectivity index (χ0v) is 14.0. The summed E-state index contributed by atoms with van der Waals surface area (Å²) in [6.45, 7) is 0.471. The van der Waals surface area contributed by atoms with Gasteiger partial charge in [0.2, 0.25) is 5.91 Å². The van der Waals surface area contributed by atoms with Gasteiger partial charge in [0, 0.05) is 12.0 Å². The lowest BCUT2D eigenvalue weighted by Crippen LogP contribution is -2.53. The second kappa shape index (κ2) is 6.14. The van der Waals surface area contributed by atoms with Crippen molar-refractivity contribution in [2.24, 2.45) is 23.2 Å². The Balaban J connectivity index is 1.31. The zero-order valence-electron chi connectivity index (χ0n) is 14.0. The molecule has 0 saturated heterocycles. The van der Waals surface area contributed by atoms with E-state index in [9.17, 15) is 14.3 Å². The molecule has 0 radical (unpaired) electrons. The zero-order chi connectivity index (χ0) is 16.7. The first-order valence-electron chi connectivity index (χ1n) is 9.26. The quantitative estimate of drug-likeness (QED) is 0.866. The van der Waals surface area contributed by atoms with Crippen LogP contribution in [0.4, 0.5) is 4.39 Å². The van der Waals surface area contributed by atoms with Gasteiger partial charge in [-0.25, -0.2) is 4.39 Å². The molecule has 5 rings (SSSR count). The standard InChI is InChI=1S/C20H26FNO2/c21-17-3-1-16(2-4-17)18(23)5-6-22-19(24)20-10-13-7-14(11-20)9-15(8-13)12-20/h1-4,13-15,18,23H,5-12H2,(H,22,24). The minimum absolute atomic E-state index is 0.129. The highest BCUT2D eigenvalue weighted by atomic mass is 19.1. The van der Waals surface area contributed by atoms with Crippen LogP contribution in [0, 0.1) is 29.0 Å². The van der Waals surface area contributed by atoms with Crippen molar-refractivity contribution in [2.45, 2.75) is 51.0 Å². The molecule has 0 aliphatic heterocycles. The third-order valence-corrected chi connectivity index (χ3v) is 6.48. The summed E-state index contributed by atoms with van der Waals surface area (Å²) in [5.74, 6) is 2.17. The molecule has 4 saturated carbocycles. The molecule has 1 unspecified atom stereocenters. The first-order valence-corrected chi connectivity index (χ1v) is 9.26. The van der Waals surface area contributed by atoms with Crippen molar-refractivity contribution in [1.29, 1.82) is 0 Å². The fraction of sp³-hybridized carbons (Fsp3) is 0.650. The third-order valence-electron chi connectivity index (χ3n) is 6.48. The van der Waals surface area contributed by atoms with Crippen LogP contribution >= 0.6 is 0 Å². The van der Waals surface area contributed by atoms with E-state index in [4.69, 9.17) is 0 Å². The van der Waals surface area contributed by atoms with Gasteiger partial charge < -0.3 is 10.4 Å². The highest BCUT2D eigenvalue weighted by Crippen LogP contribution is 2.60. The summed E-state index contributed by atoms with van der Waals surface area (Å²) < 4.78 is 12.9. The molecule has 3 nitrogen and oxygen atoms in total. The summed E-state index contributed by atoms with van der Waals surface area (Å²) in [5.41, 5.74) is 0.565. The molecule has 1 amide bonds. The first-order chi connectivity index (χ1) is 11.5. The number of carbonyl (C=O) groups is 1. The Labute approximate surface area is 142 Å². The Kier molecular flexibility index (Phi) is 4.11. The minimum atomic E-state index is -0.665. The van der Waals surface area contributed by atoms with E-state index in [1.165, 1.54) is 31.4 Å². The number of aliphatic hydroxyl groups is 1. The van der Waals surface area contributed by atoms with Crippen LogP contribution in [-0.4, -0.2) is 17.6 Å². The molecule has 4 heteroatoms. The van der Waals surface area contributed by atoms with E-state index in [1.807, 2.05) is 0 Å². The highest BCUT2D eigenvalue weighted by Gasteiger charge is 2.54. The first kappa shape index (κ1) is 16.1. The van der Waals surface area contributed by atoms with Crippen LogP contribution in [0.25, 0.3) is 0 Å². The summed E-state index contributed by atoms with van der Waals surface area (Å²) in [5, 5.41) is 13.3. The number of benzene rings is 1. The number of hydrogen-bond acceptors (Lipinski definition) is 2. The molecule has 24 heavy (non-hydrogen) atoms. The molecule has 4 aliphatic rings. The van der Waals surface area contributed by atoms with E-state index in [0.29, 0.717) is 18.5 Å². The molecule has 0 spiro atoms. The van der Waals surface area contributed by atoms with Crippen molar-refractivity contribution in [3.63, 3.8) is 0 Å². The summed E-state index contributed by atoms with van der Waals surface area (Å²) in [6, 6.07) is 5.90. The maximum atomic E-state index is 12.9. The SMILES string of the molecule is O=C(NCCC(O)c1ccc(F)cc1)C12CC3CC(CC(C3)C1)C2.